The summed E-state index contributed by atoms with van der Waals surface area (Å²) < 4.78 is 15.6. The zero-order chi connectivity index (χ0) is 20.1. The summed E-state index contributed by atoms with van der Waals surface area (Å²) in [6.45, 7) is 0. The van der Waals surface area contributed by atoms with Gasteiger partial charge in [0.2, 0.25) is 5.91 Å². The molecule has 5 nitrogen and oxygen atoms in total. The Morgan fingerprint density at radius 1 is 1.10 bits per heavy atom. The van der Waals surface area contributed by atoms with E-state index in [2.05, 4.69) is 15.5 Å². The largest absolute Gasteiger partial charge is 0.344 e. The first-order valence-corrected chi connectivity index (χ1v) is 10.7. The Hall–Kier alpha value is -2.97. The van der Waals surface area contributed by atoms with Gasteiger partial charge < -0.3 is 5.32 Å². The molecule has 8 heteroatoms. The molecule has 146 valence electrons. The molecule has 29 heavy (non-hydrogen) atoms. The lowest BCUT2D eigenvalue weighted by molar-refractivity contribution is -0.119. The number of thiophene rings is 1. The van der Waals surface area contributed by atoms with Crippen molar-refractivity contribution >= 4 is 29.0 Å². The average Bonchev–Trinajstić information content (AvgIpc) is 3.44. The second-order valence-corrected chi connectivity index (χ2v) is 8.07. The Morgan fingerprint density at radius 2 is 1.90 bits per heavy atom. The molecular formula is C21H17FN4OS2. The van der Waals surface area contributed by atoms with Gasteiger partial charge in [-0.15, -0.1) is 21.5 Å². The lowest BCUT2D eigenvalue weighted by Gasteiger charge is -2.18. The standard InChI is InChI=1S/C21H17FN4OS2/c22-16-9-4-5-10-17(16)26-14-23-25-21(26)29-13-19(27)24-20(18-11-6-12-28-18)15-7-2-1-3-8-15/h1-12,14,20H,13H2,(H,24,27). The maximum Gasteiger partial charge on any atom is 0.231 e. The Kier molecular flexibility index (Phi) is 6.02. The number of thioether (sulfide) groups is 1. The summed E-state index contributed by atoms with van der Waals surface area (Å²) in [5, 5.41) is 13.4. The number of carbonyl (C=O) groups is 1. The van der Waals surface area contributed by atoms with Crippen LogP contribution in [0.15, 0.2) is 83.6 Å². The van der Waals surface area contributed by atoms with Gasteiger partial charge in [0.15, 0.2) is 5.16 Å². The van der Waals surface area contributed by atoms with Crippen molar-refractivity contribution in [2.45, 2.75) is 11.2 Å². The van der Waals surface area contributed by atoms with E-state index in [-0.39, 0.29) is 23.5 Å². The van der Waals surface area contributed by atoms with Crippen LogP contribution in [0.3, 0.4) is 0 Å². The van der Waals surface area contributed by atoms with E-state index in [9.17, 15) is 9.18 Å². The van der Waals surface area contributed by atoms with Gasteiger partial charge in [0.1, 0.15) is 12.1 Å². The highest BCUT2D eigenvalue weighted by Crippen LogP contribution is 2.27. The number of rotatable bonds is 7. The molecule has 0 aliphatic carbocycles. The molecule has 0 radical (unpaired) electrons. The highest BCUT2D eigenvalue weighted by atomic mass is 32.2. The number of hydrogen-bond donors (Lipinski definition) is 1. The van der Waals surface area contributed by atoms with Crippen LogP contribution in [0.5, 0.6) is 0 Å². The number of para-hydroxylation sites is 1. The second kappa shape index (κ2) is 9.02. The summed E-state index contributed by atoms with van der Waals surface area (Å²) in [5.41, 5.74) is 1.36. The number of halogens is 1. The predicted octanol–water partition coefficient (Wildman–Crippen LogP) is 4.47. The first kappa shape index (κ1) is 19.4. The molecule has 1 N–H and O–H groups in total. The van der Waals surface area contributed by atoms with Gasteiger partial charge in [-0.2, -0.15) is 0 Å². The van der Waals surface area contributed by atoms with Crippen molar-refractivity contribution in [3.63, 3.8) is 0 Å². The number of amides is 1. The van der Waals surface area contributed by atoms with E-state index in [1.165, 1.54) is 24.2 Å². The van der Waals surface area contributed by atoms with E-state index in [0.29, 0.717) is 10.8 Å². The maximum atomic E-state index is 14.1. The molecule has 0 saturated carbocycles. The second-order valence-electron chi connectivity index (χ2n) is 6.15. The molecule has 1 amide bonds. The maximum absolute atomic E-state index is 14.1. The van der Waals surface area contributed by atoms with E-state index in [1.807, 2.05) is 47.8 Å². The molecule has 2 heterocycles. The molecule has 2 aromatic heterocycles. The van der Waals surface area contributed by atoms with E-state index in [1.54, 1.807) is 34.1 Å². The summed E-state index contributed by atoms with van der Waals surface area (Å²) in [4.78, 5) is 13.7. The van der Waals surface area contributed by atoms with Crippen molar-refractivity contribution in [3.8, 4) is 5.69 Å². The molecule has 4 rings (SSSR count). The van der Waals surface area contributed by atoms with Crippen LogP contribution in [-0.2, 0) is 4.79 Å². The van der Waals surface area contributed by atoms with Gasteiger partial charge in [-0.1, -0.05) is 60.3 Å². The van der Waals surface area contributed by atoms with Gasteiger partial charge in [-0.05, 0) is 29.1 Å². The summed E-state index contributed by atoms with van der Waals surface area (Å²) in [5.74, 6) is -0.372. The first-order chi connectivity index (χ1) is 14.2. The van der Waals surface area contributed by atoms with Crippen LogP contribution >= 0.6 is 23.1 Å². The van der Waals surface area contributed by atoms with Crippen molar-refractivity contribution in [1.29, 1.82) is 0 Å². The van der Waals surface area contributed by atoms with Crippen molar-refractivity contribution < 1.29 is 9.18 Å². The normalized spacial score (nSPS) is 11.9. The molecule has 0 spiro atoms. The molecular weight excluding hydrogens is 407 g/mol. The van der Waals surface area contributed by atoms with Crippen LogP contribution in [0, 0.1) is 5.82 Å². The van der Waals surface area contributed by atoms with Crippen LogP contribution in [0.1, 0.15) is 16.5 Å². The Balaban J connectivity index is 1.47. The van der Waals surface area contributed by atoms with Crippen molar-refractivity contribution in [1.82, 2.24) is 20.1 Å². The molecule has 1 unspecified atom stereocenters. The lowest BCUT2D eigenvalue weighted by Crippen LogP contribution is -2.30. The Labute approximate surface area is 175 Å². The zero-order valence-electron chi connectivity index (χ0n) is 15.2. The lowest BCUT2D eigenvalue weighted by atomic mass is 10.1. The fraction of sp³-hybridized carbons (Fsp3) is 0.0952. The van der Waals surface area contributed by atoms with Crippen molar-refractivity contribution in [2.24, 2.45) is 0 Å². The topological polar surface area (TPSA) is 59.8 Å². The van der Waals surface area contributed by atoms with Crippen molar-refractivity contribution in [3.05, 3.63) is 94.7 Å². The van der Waals surface area contributed by atoms with Gasteiger partial charge >= 0.3 is 0 Å². The van der Waals surface area contributed by atoms with Crippen LogP contribution in [0.2, 0.25) is 0 Å². The number of carbonyl (C=O) groups excluding carboxylic acids is 1. The van der Waals surface area contributed by atoms with E-state index in [0.717, 1.165) is 10.4 Å². The number of nitrogens with one attached hydrogen (secondary N) is 1. The Bertz CT molecular complexity index is 1080. The molecule has 0 aliphatic rings. The van der Waals surface area contributed by atoms with Gasteiger partial charge in [0.25, 0.3) is 0 Å². The van der Waals surface area contributed by atoms with Crippen LogP contribution in [0.4, 0.5) is 4.39 Å². The summed E-state index contributed by atoms with van der Waals surface area (Å²) in [7, 11) is 0. The molecule has 4 aromatic rings. The SMILES string of the molecule is O=C(CSc1nncn1-c1ccccc1F)NC(c1ccccc1)c1cccs1. The van der Waals surface area contributed by atoms with E-state index in [4.69, 9.17) is 0 Å². The van der Waals surface area contributed by atoms with E-state index < -0.39 is 0 Å². The average molecular weight is 425 g/mol. The third-order valence-corrected chi connectivity index (χ3v) is 6.11. The highest BCUT2D eigenvalue weighted by Gasteiger charge is 2.19. The fourth-order valence-electron chi connectivity index (χ4n) is 2.89. The van der Waals surface area contributed by atoms with Crippen LogP contribution in [0.25, 0.3) is 5.69 Å². The summed E-state index contributed by atoms with van der Waals surface area (Å²) in [6.07, 6.45) is 1.44. The minimum absolute atomic E-state index is 0.139. The number of benzene rings is 2. The minimum Gasteiger partial charge on any atom is -0.344 e. The molecule has 0 bridgehead atoms. The van der Waals surface area contributed by atoms with Gasteiger partial charge in [-0.25, -0.2) is 4.39 Å². The third-order valence-electron chi connectivity index (χ3n) is 4.23. The zero-order valence-corrected chi connectivity index (χ0v) is 16.9. The van der Waals surface area contributed by atoms with Gasteiger partial charge in [0, 0.05) is 4.88 Å². The van der Waals surface area contributed by atoms with Crippen LogP contribution in [-0.4, -0.2) is 26.4 Å². The molecule has 0 saturated heterocycles. The molecule has 2 aromatic carbocycles. The smallest absolute Gasteiger partial charge is 0.231 e. The van der Waals surface area contributed by atoms with E-state index >= 15 is 0 Å². The van der Waals surface area contributed by atoms with Gasteiger partial charge in [0.05, 0.1) is 17.5 Å². The number of aromatic nitrogens is 3. The molecule has 0 fully saturated rings. The Morgan fingerprint density at radius 3 is 2.66 bits per heavy atom. The molecule has 0 aliphatic heterocycles. The predicted molar refractivity (Wildman–Crippen MR) is 113 cm³/mol. The minimum atomic E-state index is -0.375. The highest BCUT2D eigenvalue weighted by molar-refractivity contribution is 7.99. The number of hydrogen-bond acceptors (Lipinski definition) is 5. The first-order valence-electron chi connectivity index (χ1n) is 8.88. The number of nitrogens with zero attached hydrogens (tertiary/aromatic N) is 3. The quantitative estimate of drug-likeness (QED) is 0.445. The summed E-state index contributed by atoms with van der Waals surface area (Å²) in [6, 6.07) is 20.0. The monoisotopic (exact) mass is 424 g/mol. The fourth-order valence-corrected chi connectivity index (χ4v) is 4.42. The summed E-state index contributed by atoms with van der Waals surface area (Å²) >= 11 is 2.81. The third kappa shape index (κ3) is 4.55. The van der Waals surface area contributed by atoms with Crippen molar-refractivity contribution in [2.75, 3.05) is 5.75 Å². The van der Waals surface area contributed by atoms with Gasteiger partial charge in [-0.3, -0.25) is 9.36 Å². The van der Waals surface area contributed by atoms with Crippen LogP contribution < -0.4 is 5.32 Å². The molecule has 1 atom stereocenters.